The Kier molecular flexibility index (Phi) is 9.96. The highest BCUT2D eigenvalue weighted by Gasteiger charge is 2.21. The molecule has 0 unspecified atom stereocenters. The third kappa shape index (κ3) is 7.90. The van der Waals surface area contributed by atoms with E-state index in [-0.39, 0.29) is 35.3 Å². The first-order valence-corrected chi connectivity index (χ1v) is 10.0. The molecule has 1 aromatic rings. The highest BCUT2D eigenvalue weighted by molar-refractivity contribution is 14.0. The SMILES string of the molecule is CN=C(NCc1nc(C(C)(C)C)cs1)NC1CCN(CC(=O)NC)CC1.I. The molecular weight excluding hydrogens is 475 g/mol. The zero-order valence-electron chi connectivity index (χ0n) is 17.0. The van der Waals surface area contributed by atoms with Crippen LogP contribution in [-0.4, -0.2) is 61.5 Å². The fourth-order valence-corrected chi connectivity index (χ4v) is 3.76. The summed E-state index contributed by atoms with van der Waals surface area (Å²) in [6.45, 7) is 9.53. The first-order chi connectivity index (χ1) is 12.3. The standard InChI is InChI=1S/C18H32N6OS.HI/c1-18(2,3)14-12-26-16(23-14)10-21-17(20-5)22-13-6-8-24(9-7-13)11-15(25)19-4;/h12-13H,6-11H2,1-5H3,(H,19,25)(H2,20,21,22);1H. The minimum Gasteiger partial charge on any atom is -0.358 e. The number of carbonyl (C=O) groups excluding carboxylic acids is 1. The van der Waals surface area contributed by atoms with Crippen molar-refractivity contribution in [3.05, 3.63) is 16.1 Å². The number of carbonyl (C=O) groups is 1. The molecule has 0 atom stereocenters. The van der Waals surface area contributed by atoms with Crippen LogP contribution in [0.25, 0.3) is 0 Å². The lowest BCUT2D eigenvalue weighted by Gasteiger charge is -2.32. The number of guanidine groups is 1. The summed E-state index contributed by atoms with van der Waals surface area (Å²) in [5.41, 5.74) is 1.21. The molecule has 1 amide bonds. The van der Waals surface area contributed by atoms with Crippen LogP contribution < -0.4 is 16.0 Å². The Bertz CT molecular complexity index is 620. The predicted molar refractivity (Wildman–Crippen MR) is 123 cm³/mol. The average Bonchev–Trinajstić information content (AvgIpc) is 3.09. The molecule has 0 saturated carbocycles. The van der Waals surface area contributed by atoms with Crippen LogP contribution in [0.2, 0.25) is 0 Å². The summed E-state index contributed by atoms with van der Waals surface area (Å²) in [5, 5.41) is 12.7. The summed E-state index contributed by atoms with van der Waals surface area (Å²) in [6, 6.07) is 0.378. The van der Waals surface area contributed by atoms with Crippen molar-refractivity contribution in [1.29, 1.82) is 0 Å². The fourth-order valence-electron chi connectivity index (χ4n) is 2.80. The second-order valence-electron chi connectivity index (χ2n) is 7.67. The maximum atomic E-state index is 11.5. The number of amides is 1. The van der Waals surface area contributed by atoms with Gasteiger partial charge in [0.25, 0.3) is 0 Å². The van der Waals surface area contributed by atoms with Crippen molar-refractivity contribution in [2.24, 2.45) is 4.99 Å². The van der Waals surface area contributed by atoms with E-state index >= 15 is 0 Å². The number of hydrogen-bond donors (Lipinski definition) is 3. The van der Waals surface area contributed by atoms with Crippen LogP contribution in [0.1, 0.15) is 44.3 Å². The third-order valence-electron chi connectivity index (χ3n) is 4.53. The predicted octanol–water partition coefficient (Wildman–Crippen LogP) is 1.93. The summed E-state index contributed by atoms with van der Waals surface area (Å²) in [4.78, 5) is 22.7. The van der Waals surface area contributed by atoms with Crippen LogP contribution in [0.15, 0.2) is 10.4 Å². The van der Waals surface area contributed by atoms with Crippen molar-refractivity contribution in [1.82, 2.24) is 25.8 Å². The van der Waals surface area contributed by atoms with Gasteiger partial charge < -0.3 is 16.0 Å². The number of likely N-dealkylation sites (N-methyl/N-ethyl adjacent to an activating group) is 1. The fraction of sp³-hybridized carbons (Fsp3) is 0.722. The van der Waals surface area contributed by atoms with Gasteiger partial charge in [-0.1, -0.05) is 20.8 Å². The molecule has 154 valence electrons. The van der Waals surface area contributed by atoms with Gasteiger partial charge in [-0.25, -0.2) is 4.98 Å². The smallest absolute Gasteiger partial charge is 0.233 e. The number of rotatable bonds is 5. The average molecular weight is 508 g/mol. The lowest BCUT2D eigenvalue weighted by Crippen LogP contribution is -2.49. The Hall–Kier alpha value is -0.940. The van der Waals surface area contributed by atoms with Gasteiger partial charge in [0.1, 0.15) is 5.01 Å². The van der Waals surface area contributed by atoms with Crippen molar-refractivity contribution >= 4 is 47.2 Å². The van der Waals surface area contributed by atoms with E-state index < -0.39 is 0 Å². The lowest BCUT2D eigenvalue weighted by atomic mass is 9.93. The number of nitrogens with zero attached hydrogens (tertiary/aromatic N) is 3. The van der Waals surface area contributed by atoms with E-state index in [2.05, 4.69) is 52.0 Å². The number of aliphatic imine (C=N–C) groups is 1. The Labute approximate surface area is 183 Å². The van der Waals surface area contributed by atoms with Crippen LogP contribution in [-0.2, 0) is 16.8 Å². The lowest BCUT2D eigenvalue weighted by molar-refractivity contribution is -0.122. The number of halogens is 1. The van der Waals surface area contributed by atoms with E-state index in [0.29, 0.717) is 19.1 Å². The summed E-state index contributed by atoms with van der Waals surface area (Å²) < 4.78 is 0. The van der Waals surface area contributed by atoms with Gasteiger partial charge in [-0.2, -0.15) is 0 Å². The highest BCUT2D eigenvalue weighted by atomic mass is 127. The number of nitrogens with one attached hydrogen (secondary N) is 3. The summed E-state index contributed by atoms with van der Waals surface area (Å²) in [6.07, 6.45) is 2.01. The van der Waals surface area contributed by atoms with Crippen molar-refractivity contribution < 1.29 is 4.79 Å². The van der Waals surface area contributed by atoms with Crippen LogP contribution in [0.5, 0.6) is 0 Å². The Balaban J connectivity index is 0.00000364. The molecule has 0 spiro atoms. The van der Waals surface area contributed by atoms with E-state index in [4.69, 9.17) is 4.98 Å². The number of thiazole rings is 1. The first-order valence-electron chi connectivity index (χ1n) is 9.17. The molecule has 27 heavy (non-hydrogen) atoms. The largest absolute Gasteiger partial charge is 0.358 e. The first kappa shape index (κ1) is 24.1. The summed E-state index contributed by atoms with van der Waals surface area (Å²) in [7, 11) is 3.47. The molecule has 0 aromatic carbocycles. The molecule has 1 aromatic heterocycles. The molecular formula is C18H33IN6OS. The van der Waals surface area contributed by atoms with E-state index in [1.54, 1.807) is 25.4 Å². The van der Waals surface area contributed by atoms with E-state index in [0.717, 1.165) is 42.6 Å². The molecule has 0 bridgehead atoms. The number of aromatic nitrogens is 1. The second-order valence-corrected chi connectivity index (χ2v) is 8.61. The van der Waals surface area contributed by atoms with Crippen LogP contribution >= 0.6 is 35.3 Å². The van der Waals surface area contributed by atoms with Gasteiger partial charge >= 0.3 is 0 Å². The minimum atomic E-state index is 0. The minimum absolute atomic E-state index is 0. The molecule has 0 radical (unpaired) electrons. The zero-order chi connectivity index (χ0) is 19.2. The monoisotopic (exact) mass is 508 g/mol. The van der Waals surface area contributed by atoms with Crippen molar-refractivity contribution in [2.75, 3.05) is 33.7 Å². The third-order valence-corrected chi connectivity index (χ3v) is 5.37. The van der Waals surface area contributed by atoms with Crippen molar-refractivity contribution in [2.45, 2.75) is 51.6 Å². The van der Waals surface area contributed by atoms with Gasteiger partial charge in [-0.05, 0) is 12.8 Å². The highest BCUT2D eigenvalue weighted by Crippen LogP contribution is 2.23. The maximum Gasteiger partial charge on any atom is 0.233 e. The van der Waals surface area contributed by atoms with E-state index in [9.17, 15) is 4.79 Å². The molecule has 1 saturated heterocycles. The van der Waals surface area contributed by atoms with Gasteiger partial charge in [0.2, 0.25) is 5.91 Å². The zero-order valence-corrected chi connectivity index (χ0v) is 20.1. The quantitative estimate of drug-likeness (QED) is 0.322. The Morgan fingerprint density at radius 1 is 1.37 bits per heavy atom. The van der Waals surface area contributed by atoms with Crippen LogP contribution in [0.3, 0.4) is 0 Å². The Morgan fingerprint density at radius 2 is 2.04 bits per heavy atom. The summed E-state index contributed by atoms with van der Waals surface area (Å²) in [5.74, 6) is 0.884. The number of likely N-dealkylation sites (tertiary alicyclic amines) is 1. The van der Waals surface area contributed by atoms with Crippen LogP contribution in [0.4, 0.5) is 0 Å². The molecule has 1 aliphatic heterocycles. The summed E-state index contributed by atoms with van der Waals surface area (Å²) >= 11 is 1.68. The van der Waals surface area contributed by atoms with Crippen molar-refractivity contribution in [3.8, 4) is 0 Å². The molecule has 9 heteroatoms. The Morgan fingerprint density at radius 3 is 2.56 bits per heavy atom. The molecule has 7 nitrogen and oxygen atoms in total. The number of hydrogen-bond acceptors (Lipinski definition) is 5. The molecule has 3 N–H and O–H groups in total. The normalized spacial score (nSPS) is 16.6. The molecule has 2 heterocycles. The van der Waals surface area contributed by atoms with E-state index in [1.165, 1.54) is 0 Å². The maximum absolute atomic E-state index is 11.5. The van der Waals surface area contributed by atoms with Gasteiger partial charge in [0.05, 0.1) is 18.8 Å². The molecule has 0 aliphatic carbocycles. The topological polar surface area (TPSA) is 81.7 Å². The van der Waals surface area contributed by atoms with Gasteiger partial charge in [-0.3, -0.25) is 14.7 Å². The van der Waals surface area contributed by atoms with Gasteiger partial charge in [0.15, 0.2) is 5.96 Å². The van der Waals surface area contributed by atoms with Crippen molar-refractivity contribution in [3.63, 3.8) is 0 Å². The van der Waals surface area contributed by atoms with Crippen LogP contribution in [0, 0.1) is 0 Å². The number of piperidine rings is 1. The molecule has 2 rings (SSSR count). The van der Waals surface area contributed by atoms with Gasteiger partial charge in [-0.15, -0.1) is 35.3 Å². The van der Waals surface area contributed by atoms with E-state index in [1.807, 2.05) is 0 Å². The molecule has 1 aliphatic rings. The van der Waals surface area contributed by atoms with Gasteiger partial charge in [0, 0.05) is 44.0 Å². The second kappa shape index (κ2) is 11.2. The molecule has 1 fully saturated rings.